The highest BCUT2D eigenvalue weighted by atomic mass is 16.2. The van der Waals surface area contributed by atoms with Crippen molar-refractivity contribution in [1.29, 1.82) is 5.26 Å². The normalized spacial score (nSPS) is 10.6. The Kier molecular flexibility index (Phi) is 5.45. The van der Waals surface area contributed by atoms with Gasteiger partial charge in [-0.25, -0.2) is 10.1 Å². The summed E-state index contributed by atoms with van der Waals surface area (Å²) in [6, 6.07) is 28.1. The van der Waals surface area contributed by atoms with Crippen LogP contribution in [0.2, 0.25) is 0 Å². The van der Waals surface area contributed by atoms with Gasteiger partial charge in [-0.2, -0.15) is 15.5 Å². The molecule has 30 heavy (non-hydrogen) atoms. The summed E-state index contributed by atoms with van der Waals surface area (Å²) in [5.74, 6) is -0.360. The fourth-order valence-electron chi connectivity index (χ4n) is 2.93. The van der Waals surface area contributed by atoms with Gasteiger partial charge < -0.3 is 0 Å². The first-order valence-electron chi connectivity index (χ1n) is 9.29. The molecule has 0 spiro atoms. The molecule has 144 valence electrons. The molecule has 0 aliphatic rings. The number of aromatic nitrogens is 2. The van der Waals surface area contributed by atoms with Crippen LogP contribution in [-0.2, 0) is 0 Å². The van der Waals surface area contributed by atoms with Crippen molar-refractivity contribution in [2.24, 2.45) is 5.10 Å². The van der Waals surface area contributed by atoms with Crippen LogP contribution in [0.1, 0.15) is 21.5 Å². The third kappa shape index (κ3) is 4.16. The number of nitrogens with zero attached hydrogens (tertiary/aromatic N) is 4. The highest BCUT2D eigenvalue weighted by Gasteiger charge is 2.18. The summed E-state index contributed by atoms with van der Waals surface area (Å²) in [6.07, 6.45) is 3.23. The topological polar surface area (TPSA) is 83.1 Å². The molecule has 6 nitrogen and oxygen atoms in total. The van der Waals surface area contributed by atoms with Crippen LogP contribution >= 0.6 is 0 Å². The zero-order valence-corrected chi connectivity index (χ0v) is 15.9. The van der Waals surface area contributed by atoms with E-state index in [-0.39, 0.29) is 5.91 Å². The first-order chi connectivity index (χ1) is 14.7. The quantitative estimate of drug-likeness (QED) is 0.409. The Labute approximate surface area is 173 Å². The lowest BCUT2D eigenvalue weighted by Gasteiger charge is -2.01. The number of rotatable bonds is 5. The molecule has 3 aromatic carbocycles. The van der Waals surface area contributed by atoms with E-state index in [1.165, 1.54) is 6.21 Å². The molecule has 0 aliphatic carbocycles. The van der Waals surface area contributed by atoms with Crippen molar-refractivity contribution < 1.29 is 4.79 Å². The van der Waals surface area contributed by atoms with Crippen LogP contribution in [0.5, 0.6) is 0 Å². The first kappa shape index (κ1) is 18.8. The van der Waals surface area contributed by atoms with E-state index in [1.807, 2.05) is 60.7 Å². The molecule has 0 aliphatic heterocycles. The molecule has 0 saturated heterocycles. The molecule has 1 heterocycles. The van der Waals surface area contributed by atoms with Crippen molar-refractivity contribution >= 4 is 12.1 Å². The summed E-state index contributed by atoms with van der Waals surface area (Å²) in [5.41, 5.74) is 6.60. The Hall–Kier alpha value is -4.50. The Bertz CT molecular complexity index is 1220. The largest absolute Gasteiger partial charge is 0.275 e. The van der Waals surface area contributed by atoms with E-state index in [0.717, 1.165) is 16.8 Å². The summed E-state index contributed by atoms with van der Waals surface area (Å²) in [7, 11) is 0. The Morgan fingerprint density at radius 1 is 0.967 bits per heavy atom. The molecule has 0 unspecified atom stereocenters. The Balaban J connectivity index is 1.61. The van der Waals surface area contributed by atoms with Crippen LogP contribution in [0.15, 0.2) is 96.2 Å². The van der Waals surface area contributed by atoms with E-state index in [2.05, 4.69) is 21.7 Å². The number of amides is 1. The van der Waals surface area contributed by atoms with Crippen molar-refractivity contribution in [2.45, 2.75) is 0 Å². The molecule has 1 N–H and O–H groups in total. The number of hydrazone groups is 1. The van der Waals surface area contributed by atoms with E-state index in [0.29, 0.717) is 16.8 Å². The minimum Gasteiger partial charge on any atom is -0.267 e. The number of para-hydroxylation sites is 1. The zero-order valence-electron chi connectivity index (χ0n) is 15.9. The number of carbonyl (C=O) groups excluding carboxylic acids is 1. The molecule has 0 fully saturated rings. The molecule has 0 bridgehead atoms. The van der Waals surface area contributed by atoms with Crippen LogP contribution in [0.25, 0.3) is 16.9 Å². The van der Waals surface area contributed by atoms with Crippen LogP contribution in [-0.4, -0.2) is 21.9 Å². The number of nitriles is 1. The van der Waals surface area contributed by atoms with Crippen molar-refractivity contribution in [3.05, 3.63) is 108 Å². The molecular formula is C24H17N5O. The van der Waals surface area contributed by atoms with Crippen molar-refractivity contribution in [3.63, 3.8) is 0 Å². The van der Waals surface area contributed by atoms with Gasteiger partial charge in [0.25, 0.3) is 5.91 Å². The minimum absolute atomic E-state index is 0.360. The highest BCUT2D eigenvalue weighted by Crippen LogP contribution is 2.23. The van der Waals surface area contributed by atoms with E-state index in [1.54, 1.807) is 35.1 Å². The third-order valence-electron chi connectivity index (χ3n) is 4.45. The lowest BCUT2D eigenvalue weighted by Crippen LogP contribution is -2.17. The van der Waals surface area contributed by atoms with Gasteiger partial charge in [-0.05, 0) is 29.8 Å². The van der Waals surface area contributed by atoms with Crippen molar-refractivity contribution in [2.75, 3.05) is 0 Å². The molecule has 0 saturated carbocycles. The molecule has 1 aromatic heterocycles. The van der Waals surface area contributed by atoms with Gasteiger partial charge in [0.15, 0.2) is 0 Å². The monoisotopic (exact) mass is 391 g/mol. The van der Waals surface area contributed by atoms with Gasteiger partial charge in [0.05, 0.1) is 29.1 Å². The number of nitrogens with one attached hydrogen (secondary N) is 1. The maximum absolute atomic E-state index is 12.9. The fraction of sp³-hybridized carbons (Fsp3) is 0. The van der Waals surface area contributed by atoms with Crippen LogP contribution in [0.4, 0.5) is 0 Å². The second-order valence-electron chi connectivity index (χ2n) is 6.47. The summed E-state index contributed by atoms with van der Waals surface area (Å²) < 4.78 is 1.68. The first-order valence-corrected chi connectivity index (χ1v) is 9.29. The number of benzene rings is 3. The predicted octanol–water partition coefficient (Wildman–Crippen LogP) is 4.17. The smallest absolute Gasteiger partial charge is 0.267 e. The molecule has 0 atom stereocenters. The Morgan fingerprint density at radius 3 is 2.30 bits per heavy atom. The van der Waals surface area contributed by atoms with Crippen molar-refractivity contribution in [1.82, 2.24) is 15.2 Å². The van der Waals surface area contributed by atoms with Gasteiger partial charge in [0.1, 0.15) is 5.69 Å². The second-order valence-corrected chi connectivity index (χ2v) is 6.47. The lowest BCUT2D eigenvalue weighted by molar-refractivity contribution is 0.0955. The average molecular weight is 391 g/mol. The van der Waals surface area contributed by atoms with Gasteiger partial charge >= 0.3 is 0 Å². The van der Waals surface area contributed by atoms with Gasteiger partial charge in [-0.1, -0.05) is 60.7 Å². The number of hydrogen-bond donors (Lipinski definition) is 1. The summed E-state index contributed by atoms with van der Waals surface area (Å²) in [5, 5.41) is 17.5. The second kappa shape index (κ2) is 8.67. The van der Waals surface area contributed by atoms with Crippen LogP contribution in [0.3, 0.4) is 0 Å². The lowest BCUT2D eigenvalue weighted by atomic mass is 10.1. The molecular weight excluding hydrogens is 374 g/mol. The summed E-state index contributed by atoms with van der Waals surface area (Å²) in [6.45, 7) is 0. The number of hydrogen-bond acceptors (Lipinski definition) is 4. The maximum Gasteiger partial charge on any atom is 0.275 e. The maximum atomic E-state index is 12.9. The molecule has 1 amide bonds. The van der Waals surface area contributed by atoms with E-state index in [9.17, 15) is 4.79 Å². The standard InChI is InChI=1S/C24H17N5O/c25-15-18-11-13-19(14-12-18)16-26-27-24(30)22-17-29(21-9-5-2-6-10-21)28-23(22)20-7-3-1-4-8-20/h1-14,16-17H,(H,27,30)/b26-16+. The van der Waals surface area contributed by atoms with Gasteiger partial charge in [-0.15, -0.1) is 0 Å². The summed E-state index contributed by atoms with van der Waals surface area (Å²) >= 11 is 0. The average Bonchev–Trinajstić information content (AvgIpc) is 3.26. The van der Waals surface area contributed by atoms with E-state index in [4.69, 9.17) is 5.26 Å². The highest BCUT2D eigenvalue weighted by molar-refractivity contribution is 6.00. The summed E-state index contributed by atoms with van der Waals surface area (Å²) in [4.78, 5) is 12.9. The SMILES string of the molecule is N#Cc1ccc(/C=N/NC(=O)c2cn(-c3ccccc3)nc2-c2ccccc2)cc1. The van der Waals surface area contributed by atoms with Crippen molar-refractivity contribution in [3.8, 4) is 23.0 Å². The molecule has 6 heteroatoms. The molecule has 4 rings (SSSR count). The third-order valence-corrected chi connectivity index (χ3v) is 4.45. The van der Waals surface area contributed by atoms with Crippen LogP contribution in [0, 0.1) is 11.3 Å². The zero-order chi connectivity index (χ0) is 20.8. The van der Waals surface area contributed by atoms with E-state index < -0.39 is 0 Å². The molecule has 4 aromatic rings. The van der Waals surface area contributed by atoms with Gasteiger partial charge in [-0.3, -0.25) is 4.79 Å². The van der Waals surface area contributed by atoms with Gasteiger partial charge in [0, 0.05) is 11.8 Å². The minimum atomic E-state index is -0.360. The predicted molar refractivity (Wildman–Crippen MR) is 115 cm³/mol. The van der Waals surface area contributed by atoms with Gasteiger partial charge in [0.2, 0.25) is 0 Å². The Morgan fingerprint density at radius 2 is 1.63 bits per heavy atom. The fourth-order valence-corrected chi connectivity index (χ4v) is 2.93. The van der Waals surface area contributed by atoms with E-state index >= 15 is 0 Å². The van der Waals surface area contributed by atoms with Crippen LogP contribution < -0.4 is 5.43 Å². The number of carbonyl (C=O) groups is 1. The molecule has 0 radical (unpaired) electrons.